The zero-order valence-corrected chi connectivity index (χ0v) is 44.6. The predicted octanol–water partition coefficient (Wildman–Crippen LogP) is 19.2. The highest BCUT2D eigenvalue weighted by atomic mass is 16.6. The molecule has 0 rings (SSSR count). The quantitative estimate of drug-likeness (QED) is 0.0199. The number of allylic oxidation sites excluding steroid dienone is 14. The van der Waals surface area contributed by atoms with E-state index in [1.807, 2.05) is 0 Å². The molecule has 1 atom stereocenters. The van der Waals surface area contributed by atoms with Gasteiger partial charge in [0, 0.05) is 19.3 Å². The summed E-state index contributed by atoms with van der Waals surface area (Å²) in [7, 11) is 0. The Bertz CT molecular complexity index is 1320. The second kappa shape index (κ2) is 56.2. The minimum Gasteiger partial charge on any atom is -0.462 e. The zero-order valence-electron chi connectivity index (χ0n) is 44.6. The molecule has 0 heterocycles. The van der Waals surface area contributed by atoms with Gasteiger partial charge in [-0.25, -0.2) is 0 Å². The number of unbranched alkanes of at least 4 members (excludes halogenated alkanes) is 29. The van der Waals surface area contributed by atoms with Crippen molar-refractivity contribution in [3.63, 3.8) is 0 Å². The molecule has 0 saturated heterocycles. The lowest BCUT2D eigenvalue weighted by Crippen LogP contribution is -2.30. The third-order valence-corrected chi connectivity index (χ3v) is 12.2. The molecule has 0 aliphatic rings. The van der Waals surface area contributed by atoms with Crippen molar-refractivity contribution >= 4 is 17.9 Å². The molecule has 0 aromatic heterocycles. The minimum atomic E-state index is -0.795. The van der Waals surface area contributed by atoms with Crippen molar-refractivity contribution in [2.45, 2.75) is 277 Å². The summed E-state index contributed by atoms with van der Waals surface area (Å²) in [5, 5.41) is 0. The lowest BCUT2D eigenvalue weighted by Gasteiger charge is -2.18. The van der Waals surface area contributed by atoms with Crippen molar-refractivity contribution in [2.24, 2.45) is 0 Å². The van der Waals surface area contributed by atoms with Crippen molar-refractivity contribution in [1.82, 2.24) is 0 Å². The van der Waals surface area contributed by atoms with Crippen LogP contribution in [0.15, 0.2) is 85.1 Å². The van der Waals surface area contributed by atoms with Crippen LogP contribution in [0, 0.1) is 0 Å². The number of rotatable bonds is 51. The summed E-state index contributed by atoms with van der Waals surface area (Å²) in [5.41, 5.74) is 0. The van der Waals surface area contributed by atoms with Gasteiger partial charge < -0.3 is 14.2 Å². The summed E-state index contributed by atoms with van der Waals surface area (Å²) in [6.07, 6.45) is 72.7. The summed E-state index contributed by atoms with van der Waals surface area (Å²) in [5.74, 6) is -0.926. The Morgan fingerprint density at radius 1 is 0.309 bits per heavy atom. The maximum Gasteiger partial charge on any atom is 0.306 e. The van der Waals surface area contributed by atoms with Crippen LogP contribution in [0.25, 0.3) is 0 Å². The van der Waals surface area contributed by atoms with Gasteiger partial charge in [0.25, 0.3) is 0 Å². The molecule has 0 spiro atoms. The van der Waals surface area contributed by atoms with Gasteiger partial charge in [-0.2, -0.15) is 0 Å². The molecule has 0 radical (unpaired) electrons. The molecule has 0 aliphatic heterocycles. The lowest BCUT2D eigenvalue weighted by atomic mass is 10.1. The topological polar surface area (TPSA) is 78.9 Å². The molecular formula is C62H106O6. The fraction of sp³-hybridized carbons (Fsp3) is 0.726. The molecule has 390 valence electrons. The largest absolute Gasteiger partial charge is 0.462 e. The van der Waals surface area contributed by atoms with Gasteiger partial charge in [0.2, 0.25) is 0 Å². The van der Waals surface area contributed by atoms with E-state index in [2.05, 4.69) is 106 Å². The van der Waals surface area contributed by atoms with Crippen LogP contribution in [-0.2, 0) is 28.6 Å². The summed E-state index contributed by atoms with van der Waals surface area (Å²) in [6, 6.07) is 0. The van der Waals surface area contributed by atoms with Crippen molar-refractivity contribution in [3.8, 4) is 0 Å². The van der Waals surface area contributed by atoms with Gasteiger partial charge in [0.05, 0.1) is 0 Å². The highest BCUT2D eigenvalue weighted by molar-refractivity contribution is 5.71. The first-order valence-electron chi connectivity index (χ1n) is 28.6. The number of hydrogen-bond donors (Lipinski definition) is 0. The van der Waals surface area contributed by atoms with E-state index in [0.29, 0.717) is 19.3 Å². The third kappa shape index (κ3) is 53.5. The smallest absolute Gasteiger partial charge is 0.306 e. The van der Waals surface area contributed by atoms with Crippen LogP contribution < -0.4 is 0 Å². The molecule has 1 unspecified atom stereocenters. The van der Waals surface area contributed by atoms with Crippen LogP contribution >= 0.6 is 0 Å². The second-order valence-electron chi connectivity index (χ2n) is 18.9. The number of esters is 3. The molecule has 0 N–H and O–H groups in total. The number of carbonyl (C=O) groups is 3. The molecule has 0 aromatic carbocycles. The van der Waals surface area contributed by atoms with Gasteiger partial charge in [-0.05, 0) is 103 Å². The Balaban J connectivity index is 4.46. The van der Waals surface area contributed by atoms with Crippen molar-refractivity contribution < 1.29 is 28.6 Å². The molecular weight excluding hydrogens is 841 g/mol. The van der Waals surface area contributed by atoms with Crippen molar-refractivity contribution in [2.75, 3.05) is 13.2 Å². The Kier molecular flexibility index (Phi) is 53.4. The van der Waals surface area contributed by atoms with Crippen LogP contribution in [-0.4, -0.2) is 37.2 Å². The molecule has 0 saturated carbocycles. The number of carbonyl (C=O) groups excluding carboxylic acids is 3. The molecule has 0 aliphatic carbocycles. The molecule has 6 heteroatoms. The van der Waals surface area contributed by atoms with Crippen molar-refractivity contribution in [3.05, 3.63) is 85.1 Å². The van der Waals surface area contributed by atoms with E-state index < -0.39 is 6.10 Å². The van der Waals surface area contributed by atoms with Gasteiger partial charge in [-0.3, -0.25) is 14.4 Å². The summed E-state index contributed by atoms with van der Waals surface area (Å²) in [6.45, 7) is 6.55. The summed E-state index contributed by atoms with van der Waals surface area (Å²) < 4.78 is 16.8. The van der Waals surface area contributed by atoms with Gasteiger partial charge >= 0.3 is 17.9 Å². The van der Waals surface area contributed by atoms with E-state index in [9.17, 15) is 14.4 Å². The van der Waals surface area contributed by atoms with Crippen LogP contribution in [0.5, 0.6) is 0 Å². The number of ether oxygens (including phenoxy) is 3. The average molecular weight is 948 g/mol. The van der Waals surface area contributed by atoms with E-state index in [1.54, 1.807) is 0 Å². The second-order valence-corrected chi connectivity index (χ2v) is 18.9. The SMILES string of the molecule is CCCCC/C=C\C=C/CCCCCCCCC(=O)OCC(COC(=O)CCCCCCC\C=C/C=C\C=C/CCCCCCC)OC(=O)CCCCCCCCC/C=C\C/C=C\CCCCC. The normalized spacial score (nSPS) is 12.7. The van der Waals surface area contributed by atoms with Crippen LogP contribution in [0.2, 0.25) is 0 Å². The maximum absolute atomic E-state index is 12.9. The van der Waals surface area contributed by atoms with Gasteiger partial charge in [-0.1, -0.05) is 234 Å². The molecule has 0 amide bonds. The van der Waals surface area contributed by atoms with Crippen LogP contribution in [0.3, 0.4) is 0 Å². The Morgan fingerprint density at radius 3 is 0.971 bits per heavy atom. The van der Waals surface area contributed by atoms with Crippen LogP contribution in [0.1, 0.15) is 271 Å². The zero-order chi connectivity index (χ0) is 49.3. The molecule has 0 aromatic rings. The maximum atomic E-state index is 12.9. The first-order valence-corrected chi connectivity index (χ1v) is 28.6. The van der Waals surface area contributed by atoms with Gasteiger partial charge in [-0.15, -0.1) is 0 Å². The van der Waals surface area contributed by atoms with Gasteiger partial charge in [0.15, 0.2) is 6.10 Å². The summed E-state index contributed by atoms with van der Waals surface area (Å²) in [4.78, 5) is 38.2. The summed E-state index contributed by atoms with van der Waals surface area (Å²) >= 11 is 0. The van der Waals surface area contributed by atoms with E-state index in [4.69, 9.17) is 14.2 Å². The van der Waals surface area contributed by atoms with E-state index in [-0.39, 0.29) is 31.1 Å². The third-order valence-electron chi connectivity index (χ3n) is 12.2. The van der Waals surface area contributed by atoms with E-state index in [1.165, 1.54) is 128 Å². The lowest BCUT2D eigenvalue weighted by molar-refractivity contribution is -0.167. The monoisotopic (exact) mass is 947 g/mol. The highest BCUT2D eigenvalue weighted by Crippen LogP contribution is 2.14. The first-order chi connectivity index (χ1) is 33.5. The number of hydrogen-bond acceptors (Lipinski definition) is 6. The average Bonchev–Trinajstić information content (AvgIpc) is 3.34. The Hall–Kier alpha value is -3.41. The fourth-order valence-electron chi connectivity index (χ4n) is 7.82. The Morgan fingerprint density at radius 2 is 0.588 bits per heavy atom. The molecule has 0 bridgehead atoms. The molecule has 0 fully saturated rings. The highest BCUT2D eigenvalue weighted by Gasteiger charge is 2.19. The van der Waals surface area contributed by atoms with Gasteiger partial charge in [0.1, 0.15) is 13.2 Å². The van der Waals surface area contributed by atoms with E-state index in [0.717, 1.165) is 103 Å². The minimum absolute atomic E-state index is 0.0929. The molecule has 6 nitrogen and oxygen atoms in total. The van der Waals surface area contributed by atoms with Crippen molar-refractivity contribution in [1.29, 1.82) is 0 Å². The van der Waals surface area contributed by atoms with Crippen LogP contribution in [0.4, 0.5) is 0 Å². The first kappa shape index (κ1) is 64.6. The fourth-order valence-corrected chi connectivity index (χ4v) is 7.82. The standard InChI is InChI=1S/C62H106O6/c1-4-7-10-13-16-19-22-25-28-30-32-34-37-40-43-46-49-52-55-61(64)67-58-59(57-66-60(63)54-51-48-45-42-39-36-33-27-24-21-18-15-12-9-6-3)68-62(65)56-53-50-47-44-41-38-35-31-29-26-23-20-17-14-11-8-5-2/h17-18,20-22,24-30,32,34,59H,4-16,19,23,31,33,35-58H2,1-3H3/b20-17-,21-18-,25-22-,27-24-,29-26-,30-28-,34-32-. The predicted molar refractivity (Wildman–Crippen MR) is 293 cm³/mol. The molecule has 68 heavy (non-hydrogen) atoms. The van der Waals surface area contributed by atoms with E-state index >= 15 is 0 Å². The Labute approximate surface area is 420 Å².